The summed E-state index contributed by atoms with van der Waals surface area (Å²) in [6, 6.07) is 3.84. The Morgan fingerprint density at radius 3 is 2.37 bits per heavy atom. The highest BCUT2D eigenvalue weighted by Gasteiger charge is 2.33. The number of nitrogens with one attached hydrogen (secondary N) is 1. The molecular formula is C25H29F3N8O2. The highest BCUT2D eigenvalue weighted by Crippen LogP contribution is 2.36. The van der Waals surface area contributed by atoms with E-state index in [1.807, 2.05) is 13.1 Å². The molecule has 2 aromatic heterocycles. The molecule has 0 aliphatic carbocycles. The molecule has 0 amide bonds. The highest BCUT2D eigenvalue weighted by molar-refractivity contribution is 5.91. The minimum atomic E-state index is -4.72. The first-order valence-corrected chi connectivity index (χ1v) is 12.6. The predicted octanol–water partition coefficient (Wildman–Crippen LogP) is 4.48. The van der Waals surface area contributed by atoms with Crippen LogP contribution in [0.2, 0.25) is 0 Å². The van der Waals surface area contributed by atoms with E-state index in [1.54, 1.807) is 13.1 Å². The number of nitrogens with zero attached hydrogens (tertiary/aromatic N) is 7. The summed E-state index contributed by atoms with van der Waals surface area (Å²) >= 11 is 0. The van der Waals surface area contributed by atoms with E-state index in [0.717, 1.165) is 70.1 Å². The molecule has 3 aromatic rings. The summed E-state index contributed by atoms with van der Waals surface area (Å²) < 4.78 is 40.5. The second kappa shape index (κ2) is 10.2. The Kier molecular flexibility index (Phi) is 6.95. The summed E-state index contributed by atoms with van der Waals surface area (Å²) in [6.07, 6.45) is -0.855. The number of nitro groups is 1. The van der Waals surface area contributed by atoms with E-state index in [-0.39, 0.29) is 5.56 Å². The molecule has 2 aliphatic heterocycles. The zero-order valence-corrected chi connectivity index (χ0v) is 21.2. The molecule has 38 heavy (non-hydrogen) atoms. The number of pyridine rings is 1. The van der Waals surface area contributed by atoms with Gasteiger partial charge in [-0.15, -0.1) is 0 Å². The lowest BCUT2D eigenvalue weighted by atomic mass is 10.0. The van der Waals surface area contributed by atoms with Gasteiger partial charge in [0.25, 0.3) is 5.69 Å². The Balaban J connectivity index is 1.55. The van der Waals surface area contributed by atoms with E-state index in [9.17, 15) is 23.3 Å². The first-order valence-electron chi connectivity index (χ1n) is 12.6. The van der Waals surface area contributed by atoms with Crippen molar-refractivity contribution in [3.05, 3.63) is 51.7 Å². The molecule has 0 bridgehead atoms. The van der Waals surface area contributed by atoms with Crippen LogP contribution in [0.4, 0.5) is 36.4 Å². The van der Waals surface area contributed by atoms with Crippen molar-refractivity contribution in [2.75, 3.05) is 61.4 Å². The van der Waals surface area contributed by atoms with E-state index in [1.165, 1.54) is 0 Å². The van der Waals surface area contributed by atoms with Gasteiger partial charge in [-0.05, 0) is 44.5 Å². The van der Waals surface area contributed by atoms with Gasteiger partial charge in [-0.1, -0.05) is 0 Å². The lowest BCUT2D eigenvalue weighted by Crippen LogP contribution is -2.45. The first-order chi connectivity index (χ1) is 18.1. The molecule has 10 nitrogen and oxygen atoms in total. The third kappa shape index (κ3) is 5.42. The number of hydrogen-bond acceptors (Lipinski definition) is 9. The van der Waals surface area contributed by atoms with Crippen LogP contribution in [-0.2, 0) is 6.18 Å². The second-order valence-corrected chi connectivity index (χ2v) is 9.85. The molecule has 1 aromatic carbocycles. The van der Waals surface area contributed by atoms with Gasteiger partial charge in [0.2, 0.25) is 5.95 Å². The topological polar surface area (TPSA) is 104 Å². The Morgan fingerprint density at radius 2 is 1.71 bits per heavy atom. The van der Waals surface area contributed by atoms with E-state index in [4.69, 9.17) is 9.97 Å². The maximum absolute atomic E-state index is 13.5. The molecule has 0 radical (unpaired) electrons. The van der Waals surface area contributed by atoms with E-state index >= 15 is 0 Å². The normalized spacial score (nSPS) is 17.7. The van der Waals surface area contributed by atoms with Crippen molar-refractivity contribution >= 4 is 34.2 Å². The number of non-ortho nitro benzene ring substituents is 1. The summed E-state index contributed by atoms with van der Waals surface area (Å²) in [5.74, 6) is 1.74. The molecule has 2 fully saturated rings. The van der Waals surface area contributed by atoms with Crippen LogP contribution in [0.5, 0.6) is 0 Å². The molecule has 202 valence electrons. The number of likely N-dealkylation sites (N-methyl/N-ethyl adjacent to an activating group) is 1. The van der Waals surface area contributed by atoms with Gasteiger partial charge in [-0.2, -0.15) is 18.2 Å². The maximum atomic E-state index is 13.5. The lowest BCUT2D eigenvalue weighted by molar-refractivity contribution is -0.385. The van der Waals surface area contributed by atoms with E-state index in [0.29, 0.717) is 28.7 Å². The molecule has 1 N–H and O–H groups in total. The van der Waals surface area contributed by atoms with Crippen molar-refractivity contribution in [3.63, 3.8) is 0 Å². The molecule has 0 unspecified atom stereocenters. The molecule has 0 saturated carbocycles. The number of halogens is 3. The van der Waals surface area contributed by atoms with Crippen LogP contribution in [0, 0.1) is 10.1 Å². The van der Waals surface area contributed by atoms with Crippen LogP contribution in [-0.4, -0.2) is 71.1 Å². The van der Waals surface area contributed by atoms with Crippen molar-refractivity contribution in [1.82, 2.24) is 19.9 Å². The molecule has 2 saturated heterocycles. The summed E-state index contributed by atoms with van der Waals surface area (Å²) in [5, 5.41) is 15.3. The lowest BCUT2D eigenvalue weighted by Gasteiger charge is -2.32. The van der Waals surface area contributed by atoms with Crippen LogP contribution in [0.15, 0.2) is 30.5 Å². The van der Waals surface area contributed by atoms with Gasteiger partial charge in [-0.3, -0.25) is 10.1 Å². The van der Waals surface area contributed by atoms with Crippen LogP contribution in [0.3, 0.4) is 0 Å². The van der Waals surface area contributed by atoms with Crippen LogP contribution in [0.25, 0.3) is 10.9 Å². The van der Waals surface area contributed by atoms with Gasteiger partial charge >= 0.3 is 6.18 Å². The molecule has 0 spiro atoms. The number of benzene rings is 1. The van der Waals surface area contributed by atoms with Crippen molar-refractivity contribution in [1.29, 1.82) is 0 Å². The van der Waals surface area contributed by atoms with Crippen LogP contribution >= 0.6 is 0 Å². The molecule has 4 heterocycles. The average Bonchev–Trinajstić information content (AvgIpc) is 3.43. The van der Waals surface area contributed by atoms with Gasteiger partial charge in [0.05, 0.1) is 28.2 Å². The quantitative estimate of drug-likeness (QED) is 0.365. The van der Waals surface area contributed by atoms with E-state index in [2.05, 4.69) is 25.0 Å². The first kappa shape index (κ1) is 25.9. The van der Waals surface area contributed by atoms with Gasteiger partial charge in [-0.25, -0.2) is 9.97 Å². The Bertz CT molecular complexity index is 1340. The summed E-state index contributed by atoms with van der Waals surface area (Å²) in [5.41, 5.74) is -0.939. The smallest absolute Gasteiger partial charge is 0.363 e. The molecule has 2 aliphatic rings. The zero-order valence-electron chi connectivity index (χ0n) is 21.2. The van der Waals surface area contributed by atoms with Crippen LogP contribution < -0.4 is 15.1 Å². The molecular weight excluding hydrogens is 501 g/mol. The Morgan fingerprint density at radius 1 is 1.00 bits per heavy atom. The van der Waals surface area contributed by atoms with Crippen molar-refractivity contribution in [2.24, 2.45) is 0 Å². The molecule has 5 rings (SSSR count). The number of rotatable bonds is 6. The fraction of sp³-hybridized carbons (Fsp3) is 0.480. The predicted molar refractivity (Wildman–Crippen MR) is 139 cm³/mol. The van der Waals surface area contributed by atoms with Crippen molar-refractivity contribution in [3.8, 4) is 0 Å². The van der Waals surface area contributed by atoms with Crippen molar-refractivity contribution in [2.45, 2.75) is 32.0 Å². The van der Waals surface area contributed by atoms with E-state index < -0.39 is 28.4 Å². The Labute approximate surface area is 217 Å². The summed E-state index contributed by atoms with van der Waals surface area (Å²) in [7, 11) is 2.05. The number of anilines is 3. The number of hydrogen-bond donors (Lipinski definition) is 1. The monoisotopic (exact) mass is 530 g/mol. The van der Waals surface area contributed by atoms with Gasteiger partial charge < -0.3 is 20.0 Å². The zero-order chi connectivity index (χ0) is 27.0. The third-order valence-corrected chi connectivity index (χ3v) is 7.10. The fourth-order valence-electron chi connectivity index (χ4n) is 4.83. The van der Waals surface area contributed by atoms with Crippen LogP contribution in [0.1, 0.15) is 36.9 Å². The average molecular weight is 531 g/mol. The number of aromatic nitrogens is 3. The fourth-order valence-corrected chi connectivity index (χ4v) is 4.83. The largest absolute Gasteiger partial charge is 0.416 e. The maximum Gasteiger partial charge on any atom is 0.416 e. The van der Waals surface area contributed by atoms with Gasteiger partial charge in [0.1, 0.15) is 11.6 Å². The summed E-state index contributed by atoms with van der Waals surface area (Å²) in [6.45, 7) is 6.61. The Hall–Kier alpha value is -3.74. The number of nitro benzene ring substituents is 1. The van der Waals surface area contributed by atoms with Crippen molar-refractivity contribution < 1.29 is 18.1 Å². The number of piperazine rings is 1. The SMILES string of the molecule is C[C@@H](Nc1nc(N2CCN(C)CC2)nc2cnc(N3CCCC3)cc12)c1cc([N+](=O)[O-])cc(C(F)(F)F)c1. The minimum Gasteiger partial charge on any atom is -0.363 e. The number of alkyl halides is 3. The van der Waals surface area contributed by atoms with Gasteiger partial charge in [0, 0.05) is 56.8 Å². The highest BCUT2D eigenvalue weighted by atomic mass is 19.4. The standard InChI is InChI=1S/C25H29F3N8O2/c1-16(17-11-18(25(26,27)28)13-19(12-17)36(37)38)30-23-20-14-22(34-5-3-4-6-34)29-15-21(20)31-24(32-23)35-9-7-33(2)8-10-35/h11-16H,3-10H2,1-2H3,(H,30,31,32)/t16-/m1/s1. The number of fused-ring (bicyclic) bond motifs is 1. The summed E-state index contributed by atoms with van der Waals surface area (Å²) in [4.78, 5) is 31.2. The van der Waals surface area contributed by atoms with Gasteiger partial charge in [0.15, 0.2) is 0 Å². The third-order valence-electron chi connectivity index (χ3n) is 7.10. The second-order valence-electron chi connectivity index (χ2n) is 9.85. The minimum absolute atomic E-state index is 0.133. The molecule has 1 atom stereocenters. The molecule has 13 heteroatoms.